The molecule has 2 atom stereocenters. The summed E-state index contributed by atoms with van der Waals surface area (Å²) in [6, 6.07) is 5.62. The average Bonchev–Trinajstić information content (AvgIpc) is 3.30. The van der Waals surface area contributed by atoms with Crippen molar-refractivity contribution >= 4 is 11.8 Å². The first-order chi connectivity index (χ1) is 12.5. The number of rotatable bonds is 6. The van der Waals surface area contributed by atoms with Crippen LogP contribution in [0.5, 0.6) is 11.5 Å². The predicted octanol–water partition coefficient (Wildman–Crippen LogP) is 2.67. The molecule has 142 valence electrons. The SMILES string of the molecule is COc1ccc(OC)c(C(C)NC(=O)C2CC(=O)N(C3CCCC3)C2)c1. The largest absolute Gasteiger partial charge is 0.497 e. The summed E-state index contributed by atoms with van der Waals surface area (Å²) in [4.78, 5) is 27.0. The van der Waals surface area contributed by atoms with Crippen LogP contribution in [0.3, 0.4) is 0 Å². The Morgan fingerprint density at radius 3 is 2.62 bits per heavy atom. The Balaban J connectivity index is 1.65. The molecule has 1 aromatic carbocycles. The number of benzene rings is 1. The van der Waals surface area contributed by atoms with Crippen LogP contribution in [0.2, 0.25) is 0 Å². The first kappa shape index (κ1) is 18.5. The fourth-order valence-corrected chi connectivity index (χ4v) is 4.06. The molecule has 0 radical (unpaired) electrons. The summed E-state index contributed by atoms with van der Waals surface area (Å²) in [5.41, 5.74) is 0.858. The van der Waals surface area contributed by atoms with Gasteiger partial charge in [0.05, 0.1) is 26.2 Å². The van der Waals surface area contributed by atoms with Gasteiger partial charge in [0.2, 0.25) is 11.8 Å². The van der Waals surface area contributed by atoms with Crippen molar-refractivity contribution in [2.45, 2.75) is 51.1 Å². The van der Waals surface area contributed by atoms with Gasteiger partial charge in [0.15, 0.2) is 0 Å². The fraction of sp³-hybridized carbons (Fsp3) is 0.600. The highest BCUT2D eigenvalue weighted by Crippen LogP contribution is 2.32. The van der Waals surface area contributed by atoms with Gasteiger partial charge in [-0.3, -0.25) is 9.59 Å². The second kappa shape index (κ2) is 7.98. The molecule has 1 N–H and O–H groups in total. The van der Waals surface area contributed by atoms with Crippen molar-refractivity contribution in [3.8, 4) is 11.5 Å². The molecule has 1 aromatic rings. The smallest absolute Gasteiger partial charge is 0.225 e. The molecule has 1 heterocycles. The highest BCUT2D eigenvalue weighted by atomic mass is 16.5. The number of carbonyl (C=O) groups is 2. The van der Waals surface area contributed by atoms with Crippen LogP contribution in [0.1, 0.15) is 50.6 Å². The van der Waals surface area contributed by atoms with Crippen molar-refractivity contribution in [2.75, 3.05) is 20.8 Å². The van der Waals surface area contributed by atoms with Gasteiger partial charge in [0.1, 0.15) is 11.5 Å². The first-order valence-electron chi connectivity index (χ1n) is 9.35. The third-order valence-electron chi connectivity index (χ3n) is 5.56. The molecule has 1 saturated carbocycles. The lowest BCUT2D eigenvalue weighted by molar-refractivity contribution is -0.130. The van der Waals surface area contributed by atoms with E-state index < -0.39 is 0 Å². The Hall–Kier alpha value is -2.24. The molecule has 0 bridgehead atoms. The normalized spacial score (nSPS) is 21.7. The van der Waals surface area contributed by atoms with Crippen LogP contribution in [0, 0.1) is 5.92 Å². The lowest BCUT2D eigenvalue weighted by Crippen LogP contribution is -2.37. The number of likely N-dealkylation sites (tertiary alicyclic amines) is 1. The lowest BCUT2D eigenvalue weighted by Gasteiger charge is -2.24. The van der Waals surface area contributed by atoms with Gasteiger partial charge in [-0.15, -0.1) is 0 Å². The number of hydrogen-bond donors (Lipinski definition) is 1. The van der Waals surface area contributed by atoms with Crippen LogP contribution in [0.4, 0.5) is 0 Å². The lowest BCUT2D eigenvalue weighted by atomic mass is 10.0. The van der Waals surface area contributed by atoms with Crippen molar-refractivity contribution in [1.82, 2.24) is 10.2 Å². The molecule has 6 nitrogen and oxygen atoms in total. The minimum Gasteiger partial charge on any atom is -0.497 e. The Labute approximate surface area is 154 Å². The summed E-state index contributed by atoms with van der Waals surface area (Å²) in [6.07, 6.45) is 4.80. The minimum atomic E-state index is -0.276. The summed E-state index contributed by atoms with van der Waals surface area (Å²) < 4.78 is 10.7. The molecule has 1 saturated heterocycles. The van der Waals surface area contributed by atoms with Crippen LogP contribution in [-0.2, 0) is 9.59 Å². The highest BCUT2D eigenvalue weighted by Gasteiger charge is 2.39. The van der Waals surface area contributed by atoms with E-state index in [1.165, 1.54) is 12.8 Å². The van der Waals surface area contributed by atoms with E-state index in [4.69, 9.17) is 9.47 Å². The van der Waals surface area contributed by atoms with E-state index in [1.807, 2.05) is 30.0 Å². The molecule has 2 aliphatic rings. The molecule has 26 heavy (non-hydrogen) atoms. The highest BCUT2D eigenvalue weighted by molar-refractivity contribution is 5.89. The van der Waals surface area contributed by atoms with Gasteiger partial charge < -0.3 is 19.7 Å². The second-order valence-electron chi connectivity index (χ2n) is 7.22. The van der Waals surface area contributed by atoms with E-state index in [9.17, 15) is 9.59 Å². The van der Waals surface area contributed by atoms with Crippen LogP contribution in [0.25, 0.3) is 0 Å². The van der Waals surface area contributed by atoms with Gasteiger partial charge in [0.25, 0.3) is 0 Å². The summed E-state index contributed by atoms with van der Waals surface area (Å²) in [5.74, 6) is 1.18. The molecule has 6 heteroatoms. The number of nitrogens with one attached hydrogen (secondary N) is 1. The standard InChI is InChI=1S/C20H28N2O4/c1-13(17-11-16(25-2)8-9-18(17)26-3)21-20(24)14-10-19(23)22(12-14)15-6-4-5-7-15/h8-9,11,13-15H,4-7,10,12H2,1-3H3,(H,21,24). The van der Waals surface area contributed by atoms with Crippen molar-refractivity contribution in [3.05, 3.63) is 23.8 Å². The zero-order valence-corrected chi connectivity index (χ0v) is 15.8. The van der Waals surface area contributed by atoms with Gasteiger partial charge in [-0.2, -0.15) is 0 Å². The van der Waals surface area contributed by atoms with E-state index >= 15 is 0 Å². The van der Waals surface area contributed by atoms with Crippen molar-refractivity contribution in [1.29, 1.82) is 0 Å². The number of carbonyl (C=O) groups excluding carboxylic acids is 2. The zero-order valence-electron chi connectivity index (χ0n) is 15.8. The van der Waals surface area contributed by atoms with E-state index in [-0.39, 0.29) is 23.8 Å². The molecule has 0 spiro atoms. The van der Waals surface area contributed by atoms with Gasteiger partial charge >= 0.3 is 0 Å². The summed E-state index contributed by atoms with van der Waals surface area (Å²) in [7, 11) is 3.21. The molecule has 2 unspecified atom stereocenters. The molecule has 0 aromatic heterocycles. The number of hydrogen-bond acceptors (Lipinski definition) is 4. The maximum absolute atomic E-state index is 12.7. The van der Waals surface area contributed by atoms with E-state index in [1.54, 1.807) is 14.2 Å². The quantitative estimate of drug-likeness (QED) is 0.847. The van der Waals surface area contributed by atoms with Gasteiger partial charge in [-0.05, 0) is 38.0 Å². The van der Waals surface area contributed by atoms with Crippen LogP contribution >= 0.6 is 0 Å². The Morgan fingerprint density at radius 1 is 1.23 bits per heavy atom. The van der Waals surface area contributed by atoms with Crippen LogP contribution in [0.15, 0.2) is 18.2 Å². The predicted molar refractivity (Wildman–Crippen MR) is 98.2 cm³/mol. The van der Waals surface area contributed by atoms with Crippen molar-refractivity contribution in [3.63, 3.8) is 0 Å². The number of ether oxygens (including phenoxy) is 2. The second-order valence-corrected chi connectivity index (χ2v) is 7.22. The van der Waals surface area contributed by atoms with E-state index in [2.05, 4.69) is 5.32 Å². The number of methoxy groups -OCH3 is 2. The van der Waals surface area contributed by atoms with E-state index in [0.29, 0.717) is 30.5 Å². The Bertz CT molecular complexity index is 670. The fourth-order valence-electron chi connectivity index (χ4n) is 4.06. The van der Waals surface area contributed by atoms with Gasteiger partial charge in [-0.1, -0.05) is 12.8 Å². The Morgan fingerprint density at radius 2 is 1.96 bits per heavy atom. The molecule has 1 aliphatic heterocycles. The minimum absolute atomic E-state index is 0.0729. The first-order valence-corrected chi connectivity index (χ1v) is 9.35. The number of amides is 2. The third kappa shape index (κ3) is 3.79. The molecular weight excluding hydrogens is 332 g/mol. The van der Waals surface area contributed by atoms with Crippen LogP contribution < -0.4 is 14.8 Å². The third-order valence-corrected chi connectivity index (χ3v) is 5.56. The molecule has 1 aliphatic carbocycles. The monoisotopic (exact) mass is 360 g/mol. The summed E-state index contributed by atoms with van der Waals surface area (Å²) in [5, 5.41) is 3.04. The molecular formula is C20H28N2O4. The maximum atomic E-state index is 12.7. The van der Waals surface area contributed by atoms with Gasteiger partial charge in [-0.25, -0.2) is 0 Å². The Kier molecular flexibility index (Phi) is 5.69. The van der Waals surface area contributed by atoms with Crippen LogP contribution in [-0.4, -0.2) is 43.5 Å². The average molecular weight is 360 g/mol. The molecule has 2 amide bonds. The zero-order chi connectivity index (χ0) is 18.7. The van der Waals surface area contributed by atoms with Crippen molar-refractivity contribution in [2.24, 2.45) is 5.92 Å². The summed E-state index contributed by atoms with van der Waals surface area (Å²) >= 11 is 0. The summed E-state index contributed by atoms with van der Waals surface area (Å²) in [6.45, 7) is 2.46. The topological polar surface area (TPSA) is 67.9 Å². The number of nitrogens with zero attached hydrogens (tertiary/aromatic N) is 1. The molecule has 2 fully saturated rings. The van der Waals surface area contributed by atoms with Gasteiger partial charge in [0, 0.05) is 24.6 Å². The van der Waals surface area contributed by atoms with E-state index in [0.717, 1.165) is 18.4 Å². The maximum Gasteiger partial charge on any atom is 0.225 e. The molecule has 3 rings (SSSR count). The van der Waals surface area contributed by atoms with Crippen molar-refractivity contribution < 1.29 is 19.1 Å².